The summed E-state index contributed by atoms with van der Waals surface area (Å²) >= 11 is 0. The molecule has 0 spiro atoms. The molecule has 1 aromatic heterocycles. The van der Waals surface area contributed by atoms with Gasteiger partial charge in [-0.3, -0.25) is 14.4 Å². The summed E-state index contributed by atoms with van der Waals surface area (Å²) in [7, 11) is 3.10. The molecule has 36 heavy (non-hydrogen) atoms. The molecular formula is C25H28N4O7. The smallest absolute Gasteiger partial charge is 0.407 e. The molecule has 4 rings (SSSR count). The summed E-state index contributed by atoms with van der Waals surface area (Å²) in [6.45, 7) is 2.43. The van der Waals surface area contributed by atoms with Crippen LogP contribution in [0, 0.1) is 12.8 Å². The van der Waals surface area contributed by atoms with Gasteiger partial charge in [0, 0.05) is 33.1 Å². The first-order valence-electron chi connectivity index (χ1n) is 11.5. The van der Waals surface area contributed by atoms with Gasteiger partial charge in [-0.05, 0) is 44.0 Å². The molecule has 1 aliphatic heterocycles. The second-order valence-electron chi connectivity index (χ2n) is 9.14. The van der Waals surface area contributed by atoms with E-state index in [-0.39, 0.29) is 40.8 Å². The number of likely N-dealkylation sites (tertiary alicyclic amines) is 1. The van der Waals surface area contributed by atoms with Gasteiger partial charge in [-0.2, -0.15) is 0 Å². The summed E-state index contributed by atoms with van der Waals surface area (Å²) < 4.78 is 5.81. The molecule has 2 unspecified atom stereocenters. The van der Waals surface area contributed by atoms with Gasteiger partial charge in [-0.25, -0.2) is 4.79 Å². The van der Waals surface area contributed by atoms with Crippen LogP contribution in [0.4, 0.5) is 21.9 Å². The lowest BCUT2D eigenvalue weighted by atomic mass is 9.88. The van der Waals surface area contributed by atoms with Gasteiger partial charge in [0.1, 0.15) is 22.9 Å². The molecule has 2 heterocycles. The topological polar surface area (TPSA) is 152 Å². The first-order chi connectivity index (χ1) is 17.1. The SMILES string of the molecule is Cc1ccc(C(Nc2c(Nc3cccc(C(=O)N(C)C)c3O)c(=O)c2=O)C2CCCN(C(=O)O)C2)o1. The Morgan fingerprint density at radius 3 is 2.50 bits per heavy atom. The predicted molar refractivity (Wildman–Crippen MR) is 133 cm³/mol. The zero-order valence-corrected chi connectivity index (χ0v) is 20.2. The molecule has 1 saturated heterocycles. The number of furan rings is 1. The van der Waals surface area contributed by atoms with Gasteiger partial charge in [0.2, 0.25) is 0 Å². The third-order valence-electron chi connectivity index (χ3n) is 6.41. The van der Waals surface area contributed by atoms with E-state index in [1.165, 1.54) is 21.9 Å². The Labute approximate surface area is 206 Å². The molecule has 3 aromatic rings. The number of phenols is 1. The molecule has 0 radical (unpaired) electrons. The van der Waals surface area contributed by atoms with Crippen molar-refractivity contribution in [3.05, 3.63) is 67.9 Å². The summed E-state index contributed by atoms with van der Waals surface area (Å²) in [4.78, 5) is 51.6. The van der Waals surface area contributed by atoms with Gasteiger partial charge in [0.05, 0.1) is 17.3 Å². The third kappa shape index (κ3) is 4.64. The Balaban J connectivity index is 1.65. The Morgan fingerprint density at radius 1 is 1.14 bits per heavy atom. The third-order valence-corrected chi connectivity index (χ3v) is 6.41. The van der Waals surface area contributed by atoms with E-state index in [4.69, 9.17) is 4.42 Å². The molecule has 1 aliphatic rings. The maximum Gasteiger partial charge on any atom is 0.407 e. The number of carbonyl (C=O) groups is 2. The van der Waals surface area contributed by atoms with Crippen LogP contribution in [0.1, 0.15) is 40.8 Å². The normalized spacial score (nSPS) is 16.5. The second-order valence-corrected chi connectivity index (χ2v) is 9.14. The number of carboxylic acid groups (broad SMARTS) is 1. The van der Waals surface area contributed by atoms with Gasteiger partial charge < -0.3 is 35.1 Å². The quantitative estimate of drug-likeness (QED) is 0.286. The average molecular weight is 497 g/mol. The van der Waals surface area contributed by atoms with Crippen molar-refractivity contribution >= 4 is 29.1 Å². The fraction of sp³-hybridized carbons (Fsp3) is 0.360. The number of aromatic hydroxyl groups is 1. The first kappa shape index (κ1) is 24.8. The van der Waals surface area contributed by atoms with Crippen molar-refractivity contribution in [3.63, 3.8) is 0 Å². The Bertz CT molecular complexity index is 1370. The highest BCUT2D eigenvalue weighted by Crippen LogP contribution is 2.37. The van der Waals surface area contributed by atoms with Crippen LogP contribution in [-0.4, -0.2) is 59.2 Å². The number of aryl methyl sites for hydroxylation is 1. The molecule has 4 N–H and O–H groups in total. The molecular weight excluding hydrogens is 468 g/mol. The van der Waals surface area contributed by atoms with Crippen molar-refractivity contribution in [1.82, 2.24) is 9.80 Å². The highest BCUT2D eigenvalue weighted by Gasteiger charge is 2.35. The number of hydrogen-bond donors (Lipinski definition) is 4. The molecule has 0 saturated carbocycles. The number of anilines is 3. The lowest BCUT2D eigenvalue weighted by molar-refractivity contribution is 0.0824. The minimum absolute atomic E-state index is 0.00948. The van der Waals surface area contributed by atoms with Crippen LogP contribution < -0.4 is 21.5 Å². The Morgan fingerprint density at radius 2 is 1.86 bits per heavy atom. The zero-order chi connectivity index (χ0) is 26.1. The number of nitrogens with one attached hydrogen (secondary N) is 2. The van der Waals surface area contributed by atoms with Crippen LogP contribution in [0.15, 0.2) is 44.3 Å². The number of amides is 2. The van der Waals surface area contributed by atoms with Crippen LogP contribution in [0.2, 0.25) is 0 Å². The van der Waals surface area contributed by atoms with E-state index in [9.17, 15) is 29.4 Å². The number of hydrogen-bond acceptors (Lipinski definition) is 8. The molecule has 0 aliphatic carbocycles. The number of rotatable bonds is 7. The molecule has 0 bridgehead atoms. The average Bonchev–Trinajstić information content (AvgIpc) is 3.29. The lowest BCUT2D eigenvalue weighted by Crippen LogP contribution is -2.44. The van der Waals surface area contributed by atoms with Gasteiger partial charge >= 0.3 is 6.09 Å². The zero-order valence-electron chi connectivity index (χ0n) is 20.2. The second kappa shape index (κ2) is 9.76. The van der Waals surface area contributed by atoms with Gasteiger partial charge in [-0.1, -0.05) is 6.07 Å². The molecule has 1 fully saturated rings. The number of carbonyl (C=O) groups excluding carboxylic acids is 1. The standard InChI is InChI=1S/C25H28N4O7/c1-13-9-10-17(36-13)18(14-6-5-11-29(12-14)25(34)35)27-20-19(22(31)23(20)32)26-16-8-4-7-15(21(16)30)24(33)28(2)3/h4,7-10,14,18,26-27,30H,5-6,11-12H2,1-3H3,(H,34,35). The monoisotopic (exact) mass is 496 g/mol. The van der Waals surface area contributed by atoms with E-state index in [0.717, 1.165) is 0 Å². The molecule has 2 amide bonds. The summed E-state index contributed by atoms with van der Waals surface area (Å²) in [5, 5.41) is 26.0. The van der Waals surface area contributed by atoms with E-state index < -0.39 is 28.9 Å². The number of benzene rings is 1. The molecule has 2 aromatic carbocycles. The van der Waals surface area contributed by atoms with Gasteiger partial charge in [0.15, 0.2) is 5.75 Å². The number of phenolic OH excluding ortho intramolecular Hbond substituents is 1. The van der Waals surface area contributed by atoms with Crippen LogP contribution in [0.3, 0.4) is 0 Å². The number of nitrogens with zero attached hydrogens (tertiary/aromatic N) is 2. The molecule has 11 nitrogen and oxygen atoms in total. The van der Waals surface area contributed by atoms with Crippen LogP contribution in [0.25, 0.3) is 0 Å². The van der Waals surface area contributed by atoms with E-state index in [2.05, 4.69) is 10.6 Å². The summed E-state index contributed by atoms with van der Waals surface area (Å²) in [6, 6.07) is 7.45. The van der Waals surface area contributed by atoms with Crippen LogP contribution in [0.5, 0.6) is 5.75 Å². The van der Waals surface area contributed by atoms with Crippen molar-refractivity contribution < 1.29 is 24.2 Å². The van der Waals surface area contributed by atoms with Crippen molar-refractivity contribution in [3.8, 4) is 5.75 Å². The number of piperidine rings is 1. The highest BCUT2D eigenvalue weighted by molar-refractivity contribution is 5.99. The van der Waals surface area contributed by atoms with Crippen molar-refractivity contribution in [2.45, 2.75) is 25.8 Å². The predicted octanol–water partition coefficient (Wildman–Crippen LogP) is 2.88. The minimum atomic E-state index is -1.02. The molecule has 2 atom stereocenters. The fourth-order valence-electron chi connectivity index (χ4n) is 4.49. The summed E-state index contributed by atoms with van der Waals surface area (Å²) in [5.41, 5.74) is -1.42. The molecule has 11 heteroatoms. The number of para-hydroxylation sites is 1. The largest absolute Gasteiger partial charge is 0.505 e. The highest BCUT2D eigenvalue weighted by atomic mass is 16.4. The summed E-state index contributed by atoms with van der Waals surface area (Å²) in [6.07, 6.45) is 0.314. The van der Waals surface area contributed by atoms with Gasteiger partial charge in [-0.15, -0.1) is 0 Å². The van der Waals surface area contributed by atoms with E-state index in [1.54, 1.807) is 39.2 Å². The van der Waals surface area contributed by atoms with E-state index >= 15 is 0 Å². The molecule has 190 valence electrons. The first-order valence-corrected chi connectivity index (χ1v) is 11.5. The van der Waals surface area contributed by atoms with Crippen molar-refractivity contribution in [2.75, 3.05) is 37.8 Å². The van der Waals surface area contributed by atoms with Crippen LogP contribution >= 0.6 is 0 Å². The lowest BCUT2D eigenvalue weighted by Gasteiger charge is -2.36. The summed E-state index contributed by atoms with van der Waals surface area (Å²) in [5.74, 6) is 0.182. The minimum Gasteiger partial charge on any atom is -0.505 e. The fourth-order valence-corrected chi connectivity index (χ4v) is 4.49. The van der Waals surface area contributed by atoms with E-state index in [0.29, 0.717) is 30.9 Å². The van der Waals surface area contributed by atoms with Crippen LogP contribution in [-0.2, 0) is 0 Å². The van der Waals surface area contributed by atoms with E-state index in [1.807, 2.05) is 0 Å². The van der Waals surface area contributed by atoms with Crippen molar-refractivity contribution in [1.29, 1.82) is 0 Å². The van der Waals surface area contributed by atoms with Crippen molar-refractivity contribution in [2.24, 2.45) is 5.92 Å². The van der Waals surface area contributed by atoms with Gasteiger partial charge in [0.25, 0.3) is 16.8 Å². The Kier molecular flexibility index (Phi) is 6.73. The Hall–Kier alpha value is -4.28. The maximum atomic E-state index is 12.6. The maximum absolute atomic E-state index is 12.6.